The zero-order chi connectivity index (χ0) is 11.1. The summed E-state index contributed by atoms with van der Waals surface area (Å²) in [6, 6.07) is 10.0. The highest BCUT2D eigenvalue weighted by molar-refractivity contribution is 7.93. The third-order valence-corrected chi connectivity index (χ3v) is 2.71. The fraction of sp³-hybridized carbons (Fsp3) is 0.455. The minimum Gasteiger partial charge on any atom is -0.330 e. The molecule has 0 fully saturated rings. The van der Waals surface area contributed by atoms with Gasteiger partial charge in [0.2, 0.25) is 0 Å². The molecule has 0 saturated heterocycles. The van der Waals surface area contributed by atoms with Crippen LogP contribution in [0.3, 0.4) is 0 Å². The standard InChI is InChI=1S/C11H16FNOS/c1-9(10-5-3-2-4-6-10)13-7-11(12)8-15-14/h2-6,9,11,13-14H,7-8H2,1H3. The molecule has 0 amide bonds. The Balaban J connectivity index is 2.33. The van der Waals surface area contributed by atoms with Crippen LogP contribution in [-0.2, 0) is 0 Å². The molecule has 0 bridgehead atoms. The van der Waals surface area contributed by atoms with E-state index in [0.29, 0.717) is 12.0 Å². The van der Waals surface area contributed by atoms with Gasteiger partial charge < -0.3 is 9.87 Å². The van der Waals surface area contributed by atoms with E-state index in [-0.39, 0.29) is 18.3 Å². The van der Waals surface area contributed by atoms with Crippen molar-refractivity contribution < 1.29 is 8.94 Å². The van der Waals surface area contributed by atoms with Gasteiger partial charge >= 0.3 is 0 Å². The molecule has 1 rings (SSSR count). The van der Waals surface area contributed by atoms with Gasteiger partial charge in [0.15, 0.2) is 0 Å². The Hall–Kier alpha value is -0.580. The second-order valence-corrected chi connectivity index (χ2v) is 4.03. The molecule has 2 nitrogen and oxygen atoms in total. The molecule has 2 unspecified atom stereocenters. The first kappa shape index (κ1) is 12.5. The molecule has 0 radical (unpaired) electrons. The van der Waals surface area contributed by atoms with Gasteiger partial charge in [-0.1, -0.05) is 30.3 Å². The fourth-order valence-corrected chi connectivity index (χ4v) is 1.58. The molecular weight excluding hydrogens is 213 g/mol. The molecule has 1 aromatic carbocycles. The van der Waals surface area contributed by atoms with Gasteiger partial charge in [-0.3, -0.25) is 0 Å². The van der Waals surface area contributed by atoms with Gasteiger partial charge in [0, 0.05) is 12.6 Å². The molecule has 0 saturated carbocycles. The highest BCUT2D eigenvalue weighted by atomic mass is 32.2. The fourth-order valence-electron chi connectivity index (χ4n) is 1.30. The molecule has 15 heavy (non-hydrogen) atoms. The van der Waals surface area contributed by atoms with E-state index in [1.54, 1.807) is 0 Å². The van der Waals surface area contributed by atoms with Crippen molar-refractivity contribution in [3.05, 3.63) is 35.9 Å². The van der Waals surface area contributed by atoms with Crippen molar-refractivity contribution in [1.29, 1.82) is 0 Å². The molecular formula is C11H16FNOS. The van der Waals surface area contributed by atoms with Gasteiger partial charge in [0.25, 0.3) is 0 Å². The van der Waals surface area contributed by atoms with Crippen LogP contribution < -0.4 is 5.32 Å². The SMILES string of the molecule is CC(NCC(F)CSO)c1ccccc1. The zero-order valence-electron chi connectivity index (χ0n) is 8.69. The Kier molecular flexibility index (Phi) is 5.68. The molecule has 0 aliphatic carbocycles. The Labute approximate surface area is 94.1 Å². The Morgan fingerprint density at radius 3 is 2.67 bits per heavy atom. The van der Waals surface area contributed by atoms with Crippen LogP contribution in [0.5, 0.6) is 0 Å². The number of halogens is 1. The second kappa shape index (κ2) is 6.82. The number of nitrogens with one attached hydrogen (secondary N) is 1. The third kappa shape index (κ3) is 4.64. The molecule has 2 N–H and O–H groups in total. The maximum Gasteiger partial charge on any atom is 0.124 e. The monoisotopic (exact) mass is 229 g/mol. The molecule has 84 valence electrons. The van der Waals surface area contributed by atoms with Crippen LogP contribution >= 0.6 is 12.0 Å². The van der Waals surface area contributed by atoms with Crippen molar-refractivity contribution in [2.24, 2.45) is 0 Å². The maximum absolute atomic E-state index is 13.0. The number of hydrogen-bond acceptors (Lipinski definition) is 3. The predicted molar refractivity (Wildman–Crippen MR) is 62.8 cm³/mol. The second-order valence-electron chi connectivity index (χ2n) is 3.43. The van der Waals surface area contributed by atoms with Gasteiger partial charge in [-0.05, 0) is 24.5 Å². The summed E-state index contributed by atoms with van der Waals surface area (Å²) in [4.78, 5) is 0. The van der Waals surface area contributed by atoms with Crippen molar-refractivity contribution >= 4 is 12.0 Å². The van der Waals surface area contributed by atoms with Crippen LogP contribution in [0.25, 0.3) is 0 Å². The molecule has 1 aromatic rings. The lowest BCUT2D eigenvalue weighted by Gasteiger charge is -2.15. The van der Waals surface area contributed by atoms with Crippen molar-refractivity contribution in [3.8, 4) is 0 Å². The summed E-state index contributed by atoms with van der Waals surface area (Å²) >= 11 is 0.542. The maximum atomic E-state index is 13.0. The van der Waals surface area contributed by atoms with Crippen LogP contribution in [0.15, 0.2) is 30.3 Å². The van der Waals surface area contributed by atoms with Gasteiger partial charge in [-0.25, -0.2) is 4.39 Å². The summed E-state index contributed by atoms with van der Waals surface area (Å²) < 4.78 is 21.5. The number of alkyl halides is 1. The highest BCUT2D eigenvalue weighted by Gasteiger charge is 2.09. The molecule has 0 heterocycles. The lowest BCUT2D eigenvalue weighted by molar-refractivity contribution is 0.336. The summed E-state index contributed by atoms with van der Waals surface area (Å²) in [5, 5.41) is 3.08. The minimum atomic E-state index is -1.01. The Morgan fingerprint density at radius 2 is 2.07 bits per heavy atom. The largest absolute Gasteiger partial charge is 0.330 e. The molecule has 0 spiro atoms. The zero-order valence-corrected chi connectivity index (χ0v) is 9.51. The van der Waals surface area contributed by atoms with Crippen LogP contribution in [0, 0.1) is 0 Å². The van der Waals surface area contributed by atoms with Crippen molar-refractivity contribution in [2.75, 3.05) is 12.3 Å². The summed E-state index contributed by atoms with van der Waals surface area (Å²) in [6.07, 6.45) is -1.01. The minimum absolute atomic E-state index is 0.120. The summed E-state index contributed by atoms with van der Waals surface area (Å²) in [6.45, 7) is 2.26. The summed E-state index contributed by atoms with van der Waals surface area (Å²) in [5.41, 5.74) is 1.14. The van der Waals surface area contributed by atoms with E-state index in [4.69, 9.17) is 4.55 Å². The van der Waals surface area contributed by atoms with E-state index in [0.717, 1.165) is 5.56 Å². The quantitative estimate of drug-likeness (QED) is 0.736. The predicted octanol–water partition coefficient (Wildman–Crippen LogP) is 2.88. The van der Waals surface area contributed by atoms with Gasteiger partial charge in [0.1, 0.15) is 6.17 Å². The van der Waals surface area contributed by atoms with Crippen molar-refractivity contribution in [1.82, 2.24) is 5.32 Å². The molecule has 4 heteroatoms. The van der Waals surface area contributed by atoms with E-state index < -0.39 is 6.17 Å². The van der Waals surface area contributed by atoms with Gasteiger partial charge in [-0.15, -0.1) is 0 Å². The number of rotatable bonds is 6. The van der Waals surface area contributed by atoms with E-state index >= 15 is 0 Å². The summed E-state index contributed by atoms with van der Waals surface area (Å²) in [7, 11) is 0. The van der Waals surface area contributed by atoms with E-state index in [1.807, 2.05) is 37.3 Å². The van der Waals surface area contributed by atoms with E-state index in [9.17, 15) is 4.39 Å². The van der Waals surface area contributed by atoms with Crippen molar-refractivity contribution in [2.45, 2.75) is 19.1 Å². The van der Waals surface area contributed by atoms with Crippen LogP contribution in [-0.4, -0.2) is 23.0 Å². The molecule has 2 atom stereocenters. The Bertz CT molecular complexity index is 271. The van der Waals surface area contributed by atoms with Crippen molar-refractivity contribution in [3.63, 3.8) is 0 Å². The normalized spacial score (nSPS) is 14.9. The Morgan fingerprint density at radius 1 is 1.40 bits per heavy atom. The number of benzene rings is 1. The molecule has 0 aliphatic heterocycles. The van der Waals surface area contributed by atoms with E-state index in [1.165, 1.54) is 0 Å². The van der Waals surface area contributed by atoms with Crippen LogP contribution in [0.4, 0.5) is 4.39 Å². The highest BCUT2D eigenvalue weighted by Crippen LogP contribution is 2.11. The van der Waals surface area contributed by atoms with Crippen LogP contribution in [0.2, 0.25) is 0 Å². The first-order chi connectivity index (χ1) is 7.24. The number of hydrogen-bond donors (Lipinski definition) is 2. The topological polar surface area (TPSA) is 32.3 Å². The average Bonchev–Trinajstić information content (AvgIpc) is 2.27. The lowest BCUT2D eigenvalue weighted by Crippen LogP contribution is -2.28. The van der Waals surface area contributed by atoms with Gasteiger partial charge in [-0.2, -0.15) is 0 Å². The van der Waals surface area contributed by atoms with E-state index in [2.05, 4.69) is 5.32 Å². The third-order valence-electron chi connectivity index (χ3n) is 2.20. The lowest BCUT2D eigenvalue weighted by atomic mass is 10.1. The first-order valence-corrected chi connectivity index (χ1v) is 5.87. The summed E-state index contributed by atoms with van der Waals surface area (Å²) in [5.74, 6) is 0.120. The molecule has 0 aliphatic rings. The van der Waals surface area contributed by atoms with Gasteiger partial charge in [0.05, 0.1) is 5.75 Å². The smallest absolute Gasteiger partial charge is 0.124 e. The van der Waals surface area contributed by atoms with Crippen LogP contribution in [0.1, 0.15) is 18.5 Å². The first-order valence-electron chi connectivity index (χ1n) is 4.92. The average molecular weight is 229 g/mol. The molecule has 0 aromatic heterocycles.